The van der Waals surface area contributed by atoms with Gasteiger partial charge in [-0.05, 0) is 29.3 Å². The predicted molar refractivity (Wildman–Crippen MR) is 102 cm³/mol. The van der Waals surface area contributed by atoms with Crippen molar-refractivity contribution in [3.8, 4) is 0 Å². The third kappa shape index (κ3) is 5.14. The van der Waals surface area contributed by atoms with E-state index >= 15 is 0 Å². The first-order valence-corrected chi connectivity index (χ1v) is 8.54. The van der Waals surface area contributed by atoms with Gasteiger partial charge in [-0.25, -0.2) is 9.78 Å². The molecule has 0 atom stereocenters. The van der Waals surface area contributed by atoms with E-state index in [4.69, 9.17) is 5.11 Å². The van der Waals surface area contributed by atoms with Gasteiger partial charge in [0.15, 0.2) is 0 Å². The molecule has 3 aromatic rings. The van der Waals surface area contributed by atoms with Crippen molar-refractivity contribution < 1.29 is 9.90 Å². The number of carboxylic acids is 1. The Kier molecular flexibility index (Phi) is 6.85. The van der Waals surface area contributed by atoms with E-state index in [0.29, 0.717) is 18.7 Å². The maximum Gasteiger partial charge on any atom is 0.354 e. The number of benzene rings is 1. The number of aromatic carboxylic acids is 1. The first-order valence-electron chi connectivity index (χ1n) is 8.54. The van der Waals surface area contributed by atoms with Gasteiger partial charge in [-0.15, -0.1) is 0 Å². The smallest absolute Gasteiger partial charge is 0.354 e. The van der Waals surface area contributed by atoms with Crippen molar-refractivity contribution in [3.05, 3.63) is 99.7 Å². The maximum atomic E-state index is 11.7. The second-order valence-electron chi connectivity index (χ2n) is 5.48. The van der Waals surface area contributed by atoms with Crippen LogP contribution in [0.3, 0.4) is 0 Å². The molecule has 0 aliphatic carbocycles. The van der Waals surface area contributed by atoms with E-state index in [1.54, 1.807) is 22.9 Å². The van der Waals surface area contributed by atoms with E-state index < -0.39 is 5.97 Å². The van der Waals surface area contributed by atoms with E-state index in [1.807, 2.05) is 50.2 Å². The second-order valence-corrected chi connectivity index (χ2v) is 5.48. The largest absolute Gasteiger partial charge is 0.477 e. The summed E-state index contributed by atoms with van der Waals surface area (Å²) in [6.07, 6.45) is 2.32. The third-order valence-electron chi connectivity index (χ3n) is 3.69. The van der Waals surface area contributed by atoms with Gasteiger partial charge in [0.25, 0.3) is 5.56 Å². The standard InChI is InChI=1S/C19H16N2O3.C2H6/c22-18-6-1-2-11-21(18)13-15-9-7-14(8-10-15)12-16-4-3-5-17(20-16)19(23)24;1-2/h1-11H,12-13H2,(H,23,24);1-2H3. The Labute approximate surface area is 152 Å². The molecule has 0 radical (unpaired) electrons. The Balaban J connectivity index is 0.00000117. The molecule has 0 amide bonds. The molecule has 2 heterocycles. The van der Waals surface area contributed by atoms with Gasteiger partial charge in [0, 0.05) is 24.4 Å². The topological polar surface area (TPSA) is 72.2 Å². The van der Waals surface area contributed by atoms with Gasteiger partial charge in [0.1, 0.15) is 5.69 Å². The van der Waals surface area contributed by atoms with Crippen LogP contribution in [0, 0.1) is 0 Å². The predicted octanol–water partition coefficient (Wildman–Crippen LogP) is 3.61. The Morgan fingerprint density at radius 1 is 0.962 bits per heavy atom. The van der Waals surface area contributed by atoms with Crippen LogP contribution in [0.4, 0.5) is 0 Å². The van der Waals surface area contributed by atoms with E-state index in [-0.39, 0.29) is 11.3 Å². The van der Waals surface area contributed by atoms with Crippen LogP contribution in [0.25, 0.3) is 0 Å². The molecule has 134 valence electrons. The summed E-state index contributed by atoms with van der Waals surface area (Å²) in [5, 5.41) is 8.98. The lowest BCUT2D eigenvalue weighted by molar-refractivity contribution is 0.0690. The van der Waals surface area contributed by atoms with E-state index in [0.717, 1.165) is 11.1 Å². The number of aromatic nitrogens is 2. The van der Waals surface area contributed by atoms with Crippen LogP contribution in [-0.4, -0.2) is 20.6 Å². The molecule has 26 heavy (non-hydrogen) atoms. The van der Waals surface area contributed by atoms with Crippen LogP contribution in [-0.2, 0) is 13.0 Å². The summed E-state index contributed by atoms with van der Waals surface area (Å²) in [7, 11) is 0. The second kappa shape index (κ2) is 9.32. The molecule has 1 aromatic carbocycles. The van der Waals surface area contributed by atoms with Gasteiger partial charge in [-0.1, -0.05) is 50.2 Å². The number of carbonyl (C=O) groups is 1. The van der Waals surface area contributed by atoms with E-state index in [1.165, 1.54) is 12.1 Å². The maximum absolute atomic E-state index is 11.7. The van der Waals surface area contributed by atoms with Crippen LogP contribution >= 0.6 is 0 Å². The van der Waals surface area contributed by atoms with Crippen LogP contribution in [0.2, 0.25) is 0 Å². The fourth-order valence-corrected chi connectivity index (χ4v) is 2.46. The van der Waals surface area contributed by atoms with Crippen molar-refractivity contribution in [1.29, 1.82) is 0 Å². The third-order valence-corrected chi connectivity index (χ3v) is 3.69. The summed E-state index contributed by atoms with van der Waals surface area (Å²) in [4.78, 5) is 26.8. The Morgan fingerprint density at radius 2 is 1.65 bits per heavy atom. The highest BCUT2D eigenvalue weighted by molar-refractivity contribution is 5.85. The molecule has 5 heteroatoms. The van der Waals surface area contributed by atoms with Crippen LogP contribution in [0.15, 0.2) is 71.7 Å². The number of hydrogen-bond acceptors (Lipinski definition) is 3. The lowest BCUT2D eigenvalue weighted by Gasteiger charge is -2.07. The van der Waals surface area contributed by atoms with E-state index in [9.17, 15) is 9.59 Å². The van der Waals surface area contributed by atoms with Gasteiger partial charge in [0.05, 0.1) is 6.54 Å². The Hall–Kier alpha value is -3.21. The minimum absolute atomic E-state index is 0.0312. The number of rotatable bonds is 5. The molecule has 0 unspecified atom stereocenters. The van der Waals surface area contributed by atoms with Crippen LogP contribution in [0.5, 0.6) is 0 Å². The van der Waals surface area contributed by atoms with Gasteiger partial charge in [-0.2, -0.15) is 0 Å². The molecule has 0 spiro atoms. The van der Waals surface area contributed by atoms with Crippen molar-refractivity contribution in [2.45, 2.75) is 26.8 Å². The number of carboxylic acid groups (broad SMARTS) is 1. The average Bonchev–Trinajstić information content (AvgIpc) is 2.67. The zero-order valence-corrected chi connectivity index (χ0v) is 14.9. The summed E-state index contributed by atoms with van der Waals surface area (Å²) >= 11 is 0. The SMILES string of the molecule is CC.O=C(O)c1cccc(Cc2ccc(Cn3ccccc3=O)cc2)n1. The lowest BCUT2D eigenvalue weighted by atomic mass is 10.1. The zero-order chi connectivity index (χ0) is 18.9. The minimum Gasteiger partial charge on any atom is -0.477 e. The van der Waals surface area contributed by atoms with Crippen molar-refractivity contribution in [3.63, 3.8) is 0 Å². The van der Waals surface area contributed by atoms with Gasteiger partial charge in [-0.3, -0.25) is 4.79 Å². The Morgan fingerprint density at radius 3 is 2.31 bits per heavy atom. The van der Waals surface area contributed by atoms with Gasteiger partial charge in [0.2, 0.25) is 0 Å². The molecule has 5 nitrogen and oxygen atoms in total. The molecular formula is C21H22N2O3. The number of nitrogens with zero attached hydrogens (tertiary/aromatic N) is 2. The lowest BCUT2D eigenvalue weighted by Crippen LogP contribution is -2.18. The highest BCUT2D eigenvalue weighted by Crippen LogP contribution is 2.11. The monoisotopic (exact) mass is 350 g/mol. The average molecular weight is 350 g/mol. The highest BCUT2D eigenvalue weighted by Gasteiger charge is 2.06. The Bertz CT molecular complexity index is 915. The molecule has 0 aliphatic heterocycles. The summed E-state index contributed by atoms with van der Waals surface area (Å²) < 4.78 is 1.65. The van der Waals surface area contributed by atoms with E-state index in [2.05, 4.69) is 4.98 Å². The first-order chi connectivity index (χ1) is 12.6. The fraction of sp³-hybridized carbons (Fsp3) is 0.190. The molecule has 3 rings (SSSR count). The summed E-state index contributed by atoms with van der Waals surface area (Å²) in [6, 6.07) is 18.0. The highest BCUT2D eigenvalue weighted by atomic mass is 16.4. The molecule has 0 fully saturated rings. The molecule has 0 aliphatic rings. The van der Waals surface area contributed by atoms with Crippen LogP contribution in [0.1, 0.15) is 41.2 Å². The molecule has 0 saturated heterocycles. The summed E-state index contributed by atoms with van der Waals surface area (Å²) in [5.74, 6) is -1.03. The molecule has 0 bridgehead atoms. The molecule has 2 aromatic heterocycles. The first kappa shape index (κ1) is 19.1. The summed E-state index contributed by atoms with van der Waals surface area (Å²) in [5.41, 5.74) is 2.79. The molecule has 1 N–H and O–H groups in total. The van der Waals surface area contributed by atoms with Crippen molar-refractivity contribution in [1.82, 2.24) is 9.55 Å². The van der Waals surface area contributed by atoms with Crippen molar-refractivity contribution in [2.75, 3.05) is 0 Å². The van der Waals surface area contributed by atoms with Crippen molar-refractivity contribution >= 4 is 5.97 Å². The quantitative estimate of drug-likeness (QED) is 0.763. The van der Waals surface area contributed by atoms with Crippen molar-refractivity contribution in [2.24, 2.45) is 0 Å². The fourth-order valence-electron chi connectivity index (χ4n) is 2.46. The van der Waals surface area contributed by atoms with Gasteiger partial charge >= 0.3 is 5.97 Å². The normalized spacial score (nSPS) is 9.92. The van der Waals surface area contributed by atoms with Crippen LogP contribution < -0.4 is 5.56 Å². The number of hydrogen-bond donors (Lipinski definition) is 1. The minimum atomic E-state index is -1.03. The molecule has 0 saturated carbocycles. The zero-order valence-electron chi connectivity index (χ0n) is 14.9. The van der Waals surface area contributed by atoms with Gasteiger partial charge < -0.3 is 9.67 Å². The molecular weight excluding hydrogens is 328 g/mol. The summed E-state index contributed by atoms with van der Waals surface area (Å²) in [6.45, 7) is 4.52. The number of pyridine rings is 2.